The summed E-state index contributed by atoms with van der Waals surface area (Å²) in [5.41, 5.74) is 0.862. The zero-order valence-corrected chi connectivity index (χ0v) is 14.5. The van der Waals surface area contributed by atoms with Crippen molar-refractivity contribution in [1.29, 1.82) is 0 Å². The first-order valence-corrected chi connectivity index (χ1v) is 8.22. The van der Waals surface area contributed by atoms with Crippen molar-refractivity contribution >= 4 is 35.1 Å². The number of carbonyl (C=O) groups excluding carboxylic acids is 2. The highest BCUT2D eigenvalue weighted by Crippen LogP contribution is 2.30. The maximum Gasteiger partial charge on any atom is 0.306 e. The molecule has 24 heavy (non-hydrogen) atoms. The van der Waals surface area contributed by atoms with Crippen molar-refractivity contribution in [2.75, 3.05) is 19.4 Å². The molecule has 2 N–H and O–H groups in total. The van der Waals surface area contributed by atoms with Crippen LogP contribution in [0.1, 0.15) is 36.0 Å². The molecule has 0 radical (unpaired) electrons. The number of halogens is 1. The Morgan fingerprint density at radius 1 is 1.21 bits per heavy atom. The quantitative estimate of drug-likeness (QED) is 0.872. The predicted octanol–water partition coefficient (Wildman–Crippen LogP) is 2.87. The standard InChI is InChI=1S/C17H21ClN2O4/c1-20(2)16(22)13-7-6-12(9-14(13)18)19-15(21)10-4-3-5-11(8-10)17(23)24/h6-7,9-11H,3-5,8H2,1-2H3,(H,19,21)(H,23,24). The van der Waals surface area contributed by atoms with Crippen LogP contribution in [0.4, 0.5) is 5.69 Å². The van der Waals surface area contributed by atoms with Crippen LogP contribution in [0.15, 0.2) is 18.2 Å². The van der Waals surface area contributed by atoms with Crippen molar-refractivity contribution in [3.05, 3.63) is 28.8 Å². The molecule has 7 heteroatoms. The Balaban J connectivity index is 2.05. The SMILES string of the molecule is CN(C)C(=O)c1ccc(NC(=O)C2CCCC(C(=O)O)C2)cc1Cl. The van der Waals surface area contributed by atoms with Gasteiger partial charge in [0, 0.05) is 25.7 Å². The molecule has 0 aliphatic heterocycles. The number of nitrogens with zero attached hydrogens (tertiary/aromatic N) is 1. The highest BCUT2D eigenvalue weighted by atomic mass is 35.5. The summed E-state index contributed by atoms with van der Waals surface area (Å²) in [6, 6.07) is 4.73. The largest absolute Gasteiger partial charge is 0.481 e. The van der Waals surface area contributed by atoms with Crippen molar-refractivity contribution < 1.29 is 19.5 Å². The summed E-state index contributed by atoms with van der Waals surface area (Å²) in [5.74, 6) is -2.04. The lowest BCUT2D eigenvalue weighted by molar-refractivity contribution is -0.143. The molecule has 1 fully saturated rings. The fraction of sp³-hybridized carbons (Fsp3) is 0.471. The summed E-state index contributed by atoms with van der Waals surface area (Å²) in [6.45, 7) is 0. The summed E-state index contributed by atoms with van der Waals surface area (Å²) in [6.07, 6.45) is 2.38. The average Bonchev–Trinajstić information content (AvgIpc) is 2.54. The smallest absolute Gasteiger partial charge is 0.306 e. The van der Waals surface area contributed by atoms with E-state index in [-0.39, 0.29) is 22.8 Å². The van der Waals surface area contributed by atoms with Crippen molar-refractivity contribution in [2.45, 2.75) is 25.7 Å². The molecule has 130 valence electrons. The molecule has 2 rings (SSSR count). The normalized spacial score (nSPS) is 20.3. The van der Waals surface area contributed by atoms with Gasteiger partial charge in [-0.3, -0.25) is 14.4 Å². The van der Waals surface area contributed by atoms with Gasteiger partial charge in [-0.05, 0) is 37.5 Å². The summed E-state index contributed by atoms with van der Waals surface area (Å²) < 4.78 is 0. The minimum absolute atomic E-state index is 0.205. The number of amides is 2. The van der Waals surface area contributed by atoms with Gasteiger partial charge in [-0.1, -0.05) is 18.0 Å². The second kappa shape index (κ2) is 7.66. The van der Waals surface area contributed by atoms with Crippen LogP contribution < -0.4 is 5.32 Å². The average molecular weight is 353 g/mol. The first-order valence-electron chi connectivity index (χ1n) is 7.84. The third-order valence-corrected chi connectivity index (χ3v) is 4.58. The van der Waals surface area contributed by atoms with E-state index in [1.54, 1.807) is 26.2 Å². The summed E-state index contributed by atoms with van der Waals surface area (Å²) >= 11 is 6.13. The van der Waals surface area contributed by atoms with Gasteiger partial charge in [0.05, 0.1) is 16.5 Å². The van der Waals surface area contributed by atoms with Crippen LogP contribution in [0.5, 0.6) is 0 Å². The van der Waals surface area contributed by atoms with E-state index >= 15 is 0 Å². The molecule has 2 unspecified atom stereocenters. The minimum Gasteiger partial charge on any atom is -0.481 e. The third kappa shape index (κ3) is 4.26. The second-order valence-corrected chi connectivity index (χ2v) is 6.69. The number of benzene rings is 1. The molecule has 0 spiro atoms. The molecule has 1 aliphatic rings. The Bertz CT molecular complexity index is 660. The number of aliphatic carboxylic acids is 1. The van der Waals surface area contributed by atoms with Crippen LogP contribution in [0.2, 0.25) is 5.02 Å². The zero-order chi connectivity index (χ0) is 17.9. The predicted molar refractivity (Wildman–Crippen MR) is 91.2 cm³/mol. The molecule has 1 saturated carbocycles. The number of carbonyl (C=O) groups is 3. The molecular formula is C17H21ClN2O4. The highest BCUT2D eigenvalue weighted by molar-refractivity contribution is 6.34. The van der Waals surface area contributed by atoms with Crippen LogP contribution >= 0.6 is 11.6 Å². The van der Waals surface area contributed by atoms with E-state index in [2.05, 4.69) is 5.32 Å². The van der Waals surface area contributed by atoms with Crippen molar-refractivity contribution in [3.8, 4) is 0 Å². The van der Waals surface area contributed by atoms with Crippen LogP contribution in [0, 0.1) is 11.8 Å². The fourth-order valence-electron chi connectivity index (χ4n) is 2.90. The Labute approximate surface area is 145 Å². The van der Waals surface area contributed by atoms with Crippen molar-refractivity contribution in [2.24, 2.45) is 11.8 Å². The van der Waals surface area contributed by atoms with Gasteiger partial charge in [-0.25, -0.2) is 0 Å². The monoisotopic (exact) mass is 352 g/mol. The van der Waals surface area contributed by atoms with Crippen molar-refractivity contribution in [3.63, 3.8) is 0 Å². The molecule has 1 aromatic rings. The topological polar surface area (TPSA) is 86.7 Å². The van der Waals surface area contributed by atoms with E-state index in [4.69, 9.17) is 16.7 Å². The molecule has 0 bridgehead atoms. The Morgan fingerprint density at radius 2 is 1.88 bits per heavy atom. The summed E-state index contributed by atoms with van der Waals surface area (Å²) in [5, 5.41) is 12.1. The molecule has 0 saturated heterocycles. The lowest BCUT2D eigenvalue weighted by atomic mass is 9.81. The number of hydrogen-bond acceptors (Lipinski definition) is 3. The van der Waals surface area contributed by atoms with Crippen LogP contribution in [0.3, 0.4) is 0 Å². The van der Waals surface area contributed by atoms with E-state index in [0.29, 0.717) is 30.5 Å². The molecular weight excluding hydrogens is 332 g/mol. The number of nitrogens with one attached hydrogen (secondary N) is 1. The Morgan fingerprint density at radius 3 is 2.46 bits per heavy atom. The number of hydrogen-bond donors (Lipinski definition) is 2. The zero-order valence-electron chi connectivity index (χ0n) is 13.7. The molecule has 0 heterocycles. The van der Waals surface area contributed by atoms with Gasteiger partial charge in [-0.2, -0.15) is 0 Å². The van der Waals surface area contributed by atoms with Crippen LogP contribution in [-0.2, 0) is 9.59 Å². The van der Waals surface area contributed by atoms with Gasteiger partial charge in [0.25, 0.3) is 5.91 Å². The highest BCUT2D eigenvalue weighted by Gasteiger charge is 2.31. The van der Waals surface area contributed by atoms with E-state index in [1.165, 1.54) is 11.0 Å². The molecule has 1 aromatic carbocycles. The summed E-state index contributed by atoms with van der Waals surface area (Å²) in [7, 11) is 3.27. The molecule has 1 aliphatic carbocycles. The van der Waals surface area contributed by atoms with Gasteiger partial charge >= 0.3 is 5.97 Å². The number of carboxylic acids is 1. The first kappa shape index (κ1) is 18.3. The van der Waals surface area contributed by atoms with Gasteiger partial charge in [-0.15, -0.1) is 0 Å². The van der Waals surface area contributed by atoms with E-state index in [0.717, 1.165) is 6.42 Å². The van der Waals surface area contributed by atoms with Crippen LogP contribution in [0.25, 0.3) is 0 Å². The maximum atomic E-state index is 12.4. The first-order chi connectivity index (χ1) is 11.3. The van der Waals surface area contributed by atoms with Gasteiger partial charge < -0.3 is 15.3 Å². The molecule has 2 amide bonds. The Hall–Kier alpha value is -2.08. The van der Waals surface area contributed by atoms with Gasteiger partial charge in [0.15, 0.2) is 0 Å². The Kier molecular flexibility index (Phi) is 5.83. The van der Waals surface area contributed by atoms with Crippen molar-refractivity contribution in [1.82, 2.24) is 4.90 Å². The third-order valence-electron chi connectivity index (χ3n) is 4.27. The van der Waals surface area contributed by atoms with E-state index in [9.17, 15) is 14.4 Å². The minimum atomic E-state index is -0.845. The van der Waals surface area contributed by atoms with Crippen LogP contribution in [-0.4, -0.2) is 41.9 Å². The second-order valence-electron chi connectivity index (χ2n) is 6.28. The number of carboxylic acid groups (broad SMARTS) is 1. The fourth-order valence-corrected chi connectivity index (χ4v) is 3.17. The van der Waals surface area contributed by atoms with Gasteiger partial charge in [0.2, 0.25) is 5.91 Å². The lowest BCUT2D eigenvalue weighted by Gasteiger charge is -2.25. The summed E-state index contributed by atoms with van der Waals surface area (Å²) in [4.78, 5) is 36.8. The van der Waals surface area contributed by atoms with E-state index < -0.39 is 11.9 Å². The number of rotatable bonds is 4. The lowest BCUT2D eigenvalue weighted by Crippen LogP contribution is -2.31. The molecule has 2 atom stereocenters. The molecule has 0 aromatic heterocycles. The van der Waals surface area contributed by atoms with Gasteiger partial charge in [0.1, 0.15) is 0 Å². The van der Waals surface area contributed by atoms with E-state index in [1.807, 2.05) is 0 Å². The maximum absolute atomic E-state index is 12.4. The number of anilines is 1. The molecule has 6 nitrogen and oxygen atoms in total.